The van der Waals surface area contributed by atoms with Crippen molar-refractivity contribution in [3.63, 3.8) is 0 Å². The molecular formula is C17H19N3O3. The number of benzene rings is 1. The molecule has 3 rings (SSSR count). The van der Waals surface area contributed by atoms with E-state index in [-0.39, 0.29) is 11.7 Å². The van der Waals surface area contributed by atoms with Gasteiger partial charge < -0.3 is 14.5 Å². The Balaban J connectivity index is 1.83. The van der Waals surface area contributed by atoms with Crippen molar-refractivity contribution in [3.8, 4) is 5.75 Å². The lowest BCUT2D eigenvalue weighted by Crippen LogP contribution is -2.24. The van der Waals surface area contributed by atoms with Gasteiger partial charge in [-0.15, -0.1) is 0 Å². The van der Waals surface area contributed by atoms with Crippen molar-refractivity contribution in [2.75, 3.05) is 7.11 Å². The van der Waals surface area contributed by atoms with E-state index in [9.17, 15) is 4.79 Å². The van der Waals surface area contributed by atoms with Crippen molar-refractivity contribution in [3.05, 3.63) is 47.5 Å². The highest BCUT2D eigenvalue weighted by molar-refractivity contribution is 6.01. The number of fused-ring (bicyclic) bond motifs is 1. The molecule has 0 unspecified atom stereocenters. The maximum Gasteiger partial charge on any atom is 0.291 e. The summed E-state index contributed by atoms with van der Waals surface area (Å²) >= 11 is 0. The van der Waals surface area contributed by atoms with Crippen LogP contribution in [0.1, 0.15) is 28.9 Å². The highest BCUT2D eigenvalue weighted by Crippen LogP contribution is 2.32. The molecule has 23 heavy (non-hydrogen) atoms. The van der Waals surface area contributed by atoms with E-state index in [4.69, 9.17) is 9.15 Å². The zero-order chi connectivity index (χ0) is 16.4. The van der Waals surface area contributed by atoms with Crippen molar-refractivity contribution < 1.29 is 13.9 Å². The quantitative estimate of drug-likeness (QED) is 0.786. The molecule has 0 spiro atoms. The first-order valence-electron chi connectivity index (χ1n) is 7.51. The van der Waals surface area contributed by atoms with Crippen molar-refractivity contribution in [1.82, 2.24) is 15.1 Å². The number of hydrogen-bond donors (Lipinski definition) is 1. The fourth-order valence-electron chi connectivity index (χ4n) is 2.64. The normalized spacial score (nSPS) is 10.9. The average Bonchev–Trinajstić information content (AvgIpc) is 3.12. The molecule has 2 aromatic heterocycles. The topological polar surface area (TPSA) is 69.3 Å². The largest absolute Gasteiger partial charge is 0.492 e. The van der Waals surface area contributed by atoms with Gasteiger partial charge in [-0.25, -0.2) is 0 Å². The lowest BCUT2D eigenvalue weighted by atomic mass is 10.2. The lowest BCUT2D eigenvalue weighted by Gasteiger charge is -2.06. The first kappa shape index (κ1) is 15.1. The van der Waals surface area contributed by atoms with Crippen molar-refractivity contribution >= 4 is 16.9 Å². The number of aryl methyl sites for hydroxylation is 2. The van der Waals surface area contributed by atoms with Gasteiger partial charge in [0, 0.05) is 6.54 Å². The van der Waals surface area contributed by atoms with Crippen molar-refractivity contribution in [2.45, 2.75) is 26.9 Å². The Kier molecular flexibility index (Phi) is 4.06. The number of nitrogens with one attached hydrogen (secondary N) is 1. The molecule has 0 saturated carbocycles. The van der Waals surface area contributed by atoms with E-state index in [0.717, 1.165) is 23.3 Å². The molecule has 0 radical (unpaired) electrons. The summed E-state index contributed by atoms with van der Waals surface area (Å²) in [6.45, 7) is 5.08. The number of hydrogen-bond acceptors (Lipinski definition) is 4. The van der Waals surface area contributed by atoms with Crippen molar-refractivity contribution in [2.24, 2.45) is 0 Å². The summed E-state index contributed by atoms with van der Waals surface area (Å²) in [5, 5.41) is 8.02. The Morgan fingerprint density at radius 2 is 2.17 bits per heavy atom. The predicted molar refractivity (Wildman–Crippen MR) is 86.6 cm³/mol. The number of carbonyl (C=O) groups excluding carboxylic acids is 1. The number of rotatable bonds is 5. The summed E-state index contributed by atoms with van der Waals surface area (Å²) in [5.41, 5.74) is 2.51. The number of furan rings is 1. The monoisotopic (exact) mass is 313 g/mol. The Hall–Kier alpha value is -2.76. The number of methoxy groups -OCH3 is 1. The highest BCUT2D eigenvalue weighted by Gasteiger charge is 2.21. The van der Waals surface area contributed by atoms with E-state index in [1.807, 2.05) is 48.9 Å². The molecule has 0 saturated heterocycles. The van der Waals surface area contributed by atoms with Crippen LogP contribution in [0.15, 0.2) is 34.7 Å². The van der Waals surface area contributed by atoms with Crippen LogP contribution < -0.4 is 10.1 Å². The molecule has 1 aromatic carbocycles. The Morgan fingerprint density at radius 1 is 1.39 bits per heavy atom. The molecule has 0 atom stereocenters. The molecule has 6 nitrogen and oxygen atoms in total. The van der Waals surface area contributed by atoms with Crippen LogP contribution in [-0.2, 0) is 13.1 Å². The molecule has 120 valence electrons. The fraction of sp³-hybridized carbons (Fsp3) is 0.294. The first-order chi connectivity index (χ1) is 11.1. The van der Waals surface area contributed by atoms with Gasteiger partial charge in [0.05, 0.1) is 30.4 Å². The van der Waals surface area contributed by atoms with E-state index >= 15 is 0 Å². The molecule has 0 fully saturated rings. The third-order valence-corrected chi connectivity index (χ3v) is 3.68. The summed E-state index contributed by atoms with van der Waals surface area (Å²) in [5.74, 6) is 0.339. The number of amides is 1. The van der Waals surface area contributed by atoms with Gasteiger partial charge >= 0.3 is 0 Å². The second-order valence-corrected chi connectivity index (χ2v) is 5.24. The molecule has 0 bridgehead atoms. The Morgan fingerprint density at radius 3 is 2.91 bits per heavy atom. The second kappa shape index (κ2) is 6.16. The van der Waals surface area contributed by atoms with Crippen LogP contribution in [0.3, 0.4) is 0 Å². The van der Waals surface area contributed by atoms with Gasteiger partial charge in [0.15, 0.2) is 5.75 Å². The molecule has 2 heterocycles. The molecule has 3 aromatic rings. The maximum absolute atomic E-state index is 12.5. The number of para-hydroxylation sites is 1. The van der Waals surface area contributed by atoms with Crippen LogP contribution in [0, 0.1) is 6.92 Å². The third kappa shape index (κ3) is 2.79. The molecule has 1 amide bonds. The van der Waals surface area contributed by atoms with Gasteiger partial charge in [0.1, 0.15) is 5.58 Å². The van der Waals surface area contributed by atoms with E-state index in [2.05, 4.69) is 10.4 Å². The van der Waals surface area contributed by atoms with Gasteiger partial charge in [-0.1, -0.05) is 12.1 Å². The molecule has 0 aliphatic heterocycles. The zero-order valence-electron chi connectivity index (χ0n) is 13.4. The molecule has 0 aliphatic carbocycles. The lowest BCUT2D eigenvalue weighted by molar-refractivity contribution is 0.0920. The Labute approximate surface area is 134 Å². The van der Waals surface area contributed by atoms with Crippen LogP contribution >= 0.6 is 0 Å². The van der Waals surface area contributed by atoms with E-state index in [1.54, 1.807) is 0 Å². The minimum absolute atomic E-state index is 0.188. The summed E-state index contributed by atoms with van der Waals surface area (Å²) in [6, 6.07) is 9.37. The first-order valence-corrected chi connectivity index (χ1v) is 7.51. The smallest absolute Gasteiger partial charge is 0.291 e. The summed E-state index contributed by atoms with van der Waals surface area (Å²) < 4.78 is 12.9. The van der Waals surface area contributed by atoms with Gasteiger partial charge in [-0.2, -0.15) is 5.10 Å². The molecule has 0 aliphatic rings. The van der Waals surface area contributed by atoms with E-state index < -0.39 is 0 Å². The van der Waals surface area contributed by atoms with Gasteiger partial charge in [-0.3, -0.25) is 9.48 Å². The summed E-state index contributed by atoms with van der Waals surface area (Å²) in [7, 11) is 1.53. The Bertz CT molecular complexity index is 848. The SMILES string of the molecule is CCn1nc(C)cc1CNC(=O)c1oc2ccccc2c1OC. The molecule has 6 heteroatoms. The second-order valence-electron chi connectivity index (χ2n) is 5.24. The average molecular weight is 313 g/mol. The number of carbonyl (C=O) groups is 1. The van der Waals surface area contributed by atoms with E-state index in [1.165, 1.54) is 7.11 Å². The van der Waals surface area contributed by atoms with Gasteiger partial charge in [0.2, 0.25) is 5.76 Å². The van der Waals surface area contributed by atoms with Gasteiger partial charge in [0.25, 0.3) is 5.91 Å². The van der Waals surface area contributed by atoms with E-state index in [0.29, 0.717) is 17.9 Å². The van der Waals surface area contributed by atoms with Crippen LogP contribution in [0.4, 0.5) is 0 Å². The number of nitrogens with zero attached hydrogens (tertiary/aromatic N) is 2. The number of aromatic nitrogens is 2. The summed E-state index contributed by atoms with van der Waals surface area (Å²) in [6.07, 6.45) is 0. The van der Waals surface area contributed by atoms with Crippen LogP contribution in [0.5, 0.6) is 5.75 Å². The zero-order valence-corrected chi connectivity index (χ0v) is 13.4. The number of ether oxygens (including phenoxy) is 1. The maximum atomic E-state index is 12.5. The predicted octanol–water partition coefficient (Wildman–Crippen LogP) is 2.90. The van der Waals surface area contributed by atoms with Crippen LogP contribution in [-0.4, -0.2) is 22.8 Å². The standard InChI is InChI=1S/C17H19N3O3/c1-4-20-12(9-11(2)19-20)10-18-17(21)16-15(22-3)13-7-5-6-8-14(13)23-16/h5-9H,4,10H2,1-3H3,(H,18,21). The fourth-order valence-corrected chi connectivity index (χ4v) is 2.64. The molecular weight excluding hydrogens is 294 g/mol. The van der Waals surface area contributed by atoms with Crippen LogP contribution in [0.25, 0.3) is 11.0 Å². The molecule has 1 N–H and O–H groups in total. The minimum atomic E-state index is -0.306. The minimum Gasteiger partial charge on any atom is -0.492 e. The van der Waals surface area contributed by atoms with Crippen LogP contribution in [0.2, 0.25) is 0 Å². The highest BCUT2D eigenvalue weighted by atomic mass is 16.5. The summed E-state index contributed by atoms with van der Waals surface area (Å²) in [4.78, 5) is 12.5. The third-order valence-electron chi connectivity index (χ3n) is 3.68. The van der Waals surface area contributed by atoms with Gasteiger partial charge in [-0.05, 0) is 32.0 Å². The van der Waals surface area contributed by atoms with Crippen molar-refractivity contribution in [1.29, 1.82) is 0 Å².